The maximum absolute atomic E-state index is 12.8. The lowest BCUT2D eigenvalue weighted by Crippen LogP contribution is -2.45. The Morgan fingerprint density at radius 3 is 2.52 bits per heavy atom. The van der Waals surface area contributed by atoms with Gasteiger partial charge in [0.15, 0.2) is 9.84 Å². The van der Waals surface area contributed by atoms with Gasteiger partial charge in [-0.2, -0.15) is 0 Å². The number of hydrogen-bond acceptors (Lipinski definition) is 5. The molecule has 1 saturated heterocycles. The summed E-state index contributed by atoms with van der Waals surface area (Å²) in [7, 11) is -2.01. The number of rotatable bonds is 5. The van der Waals surface area contributed by atoms with E-state index in [0.29, 0.717) is 5.02 Å². The molecule has 8 heteroatoms. The third kappa shape index (κ3) is 5.37. The number of halogens is 1. The molecular formula is C25H26ClN3O3S. The van der Waals surface area contributed by atoms with Gasteiger partial charge >= 0.3 is 0 Å². The van der Waals surface area contributed by atoms with E-state index in [1.54, 1.807) is 42.3 Å². The van der Waals surface area contributed by atoms with Gasteiger partial charge in [0.05, 0.1) is 4.90 Å². The van der Waals surface area contributed by atoms with Gasteiger partial charge in [0.25, 0.3) is 0 Å². The van der Waals surface area contributed by atoms with Crippen LogP contribution in [0.1, 0.15) is 18.5 Å². The van der Waals surface area contributed by atoms with Crippen molar-refractivity contribution in [1.82, 2.24) is 9.88 Å². The number of sulfone groups is 1. The zero-order chi connectivity index (χ0) is 23.6. The Kier molecular flexibility index (Phi) is 6.72. The topological polar surface area (TPSA) is 70.6 Å². The van der Waals surface area contributed by atoms with Crippen molar-refractivity contribution < 1.29 is 13.2 Å². The lowest BCUT2D eigenvalue weighted by molar-refractivity contribution is -0.127. The standard InChI is InChI=1S/C25H26ClN3O3S/c1-18-15-23(7-11-27-18)29-12-8-22(9-13-29)28(2)25(30)10-14-33(31,32)24-6-4-19-16-21(26)5-3-20(19)17-24/h3-7,10-11,14-17,22H,8-9,12-13H2,1-2H3. The molecule has 0 radical (unpaired) electrons. The maximum Gasteiger partial charge on any atom is 0.247 e. The van der Waals surface area contributed by atoms with Crippen LogP contribution in [0.4, 0.5) is 5.69 Å². The highest BCUT2D eigenvalue weighted by molar-refractivity contribution is 7.94. The highest BCUT2D eigenvalue weighted by Gasteiger charge is 2.25. The van der Waals surface area contributed by atoms with Crippen molar-refractivity contribution in [1.29, 1.82) is 0 Å². The van der Waals surface area contributed by atoms with Crippen LogP contribution in [0.25, 0.3) is 10.8 Å². The number of carbonyl (C=O) groups is 1. The molecule has 1 aliphatic rings. The Bertz CT molecular complexity index is 1320. The molecule has 2 heterocycles. The average molecular weight is 484 g/mol. The third-order valence-corrected chi connectivity index (χ3v) is 7.74. The number of benzene rings is 2. The van der Waals surface area contributed by atoms with E-state index in [4.69, 9.17) is 11.6 Å². The quantitative estimate of drug-likeness (QED) is 0.495. The first kappa shape index (κ1) is 23.3. The number of piperidine rings is 1. The summed E-state index contributed by atoms with van der Waals surface area (Å²) in [6.07, 6.45) is 4.59. The van der Waals surface area contributed by atoms with Gasteiger partial charge in [0, 0.05) is 60.3 Å². The molecule has 1 aliphatic heterocycles. The number of pyridine rings is 1. The monoisotopic (exact) mass is 483 g/mol. The maximum atomic E-state index is 12.8. The predicted molar refractivity (Wildman–Crippen MR) is 132 cm³/mol. The Morgan fingerprint density at radius 2 is 1.79 bits per heavy atom. The lowest BCUT2D eigenvalue weighted by Gasteiger charge is -2.37. The van der Waals surface area contributed by atoms with Crippen molar-refractivity contribution in [2.75, 3.05) is 25.0 Å². The Hall–Kier alpha value is -2.90. The smallest absolute Gasteiger partial charge is 0.247 e. The molecule has 172 valence electrons. The van der Waals surface area contributed by atoms with Crippen LogP contribution in [-0.4, -0.2) is 50.4 Å². The molecule has 3 aromatic rings. The van der Waals surface area contributed by atoms with Crippen molar-refractivity contribution in [3.05, 3.63) is 76.9 Å². The van der Waals surface area contributed by atoms with Gasteiger partial charge in [-0.15, -0.1) is 0 Å². The molecule has 33 heavy (non-hydrogen) atoms. The van der Waals surface area contributed by atoms with Gasteiger partial charge in [0.2, 0.25) is 5.91 Å². The van der Waals surface area contributed by atoms with E-state index in [9.17, 15) is 13.2 Å². The Labute approximate surface area is 199 Å². The summed E-state index contributed by atoms with van der Waals surface area (Å²) < 4.78 is 25.6. The molecule has 0 unspecified atom stereocenters. The van der Waals surface area contributed by atoms with Crippen molar-refractivity contribution in [2.45, 2.75) is 30.7 Å². The van der Waals surface area contributed by atoms with Gasteiger partial charge in [-0.1, -0.05) is 23.7 Å². The van der Waals surface area contributed by atoms with Crippen molar-refractivity contribution in [2.24, 2.45) is 0 Å². The summed E-state index contributed by atoms with van der Waals surface area (Å²) in [6.45, 7) is 3.63. The molecule has 0 bridgehead atoms. The third-order valence-electron chi connectivity index (χ3n) is 6.10. The zero-order valence-electron chi connectivity index (χ0n) is 18.6. The highest BCUT2D eigenvalue weighted by Crippen LogP contribution is 2.25. The lowest BCUT2D eigenvalue weighted by atomic mass is 10.0. The van der Waals surface area contributed by atoms with Crippen LogP contribution in [0.5, 0.6) is 0 Å². The number of amides is 1. The summed E-state index contributed by atoms with van der Waals surface area (Å²) >= 11 is 6.00. The normalized spacial score (nSPS) is 15.3. The molecule has 6 nitrogen and oxygen atoms in total. The minimum atomic E-state index is -3.75. The molecule has 4 rings (SSSR count). The van der Waals surface area contributed by atoms with E-state index in [0.717, 1.165) is 59.6 Å². The fourth-order valence-electron chi connectivity index (χ4n) is 4.13. The number of fused-ring (bicyclic) bond motifs is 1. The zero-order valence-corrected chi connectivity index (χ0v) is 20.2. The molecule has 0 atom stereocenters. The number of carbonyl (C=O) groups excluding carboxylic acids is 1. The highest BCUT2D eigenvalue weighted by atomic mass is 35.5. The summed E-state index contributed by atoms with van der Waals surface area (Å²) in [4.78, 5) is 21.0. The van der Waals surface area contributed by atoms with Crippen LogP contribution in [-0.2, 0) is 14.6 Å². The van der Waals surface area contributed by atoms with E-state index >= 15 is 0 Å². The molecule has 1 aromatic heterocycles. The van der Waals surface area contributed by atoms with Gasteiger partial charge < -0.3 is 9.80 Å². The fourth-order valence-corrected chi connectivity index (χ4v) is 5.32. The van der Waals surface area contributed by atoms with Crippen molar-refractivity contribution >= 4 is 43.8 Å². The largest absolute Gasteiger partial charge is 0.371 e. The average Bonchev–Trinajstić information content (AvgIpc) is 2.82. The second-order valence-corrected chi connectivity index (χ2v) is 10.6. The minimum absolute atomic E-state index is 0.0643. The first-order valence-corrected chi connectivity index (χ1v) is 12.7. The number of anilines is 1. The predicted octanol–water partition coefficient (Wildman–Crippen LogP) is 4.61. The van der Waals surface area contributed by atoms with Crippen LogP contribution in [0.2, 0.25) is 5.02 Å². The Balaban J connectivity index is 1.40. The van der Waals surface area contributed by atoms with Gasteiger partial charge in [-0.3, -0.25) is 9.78 Å². The van der Waals surface area contributed by atoms with E-state index in [-0.39, 0.29) is 16.8 Å². The fraction of sp³-hybridized carbons (Fsp3) is 0.280. The molecule has 2 aromatic carbocycles. The van der Waals surface area contributed by atoms with Crippen molar-refractivity contribution in [3.8, 4) is 0 Å². The van der Waals surface area contributed by atoms with E-state index in [1.807, 2.05) is 19.2 Å². The van der Waals surface area contributed by atoms with Gasteiger partial charge in [-0.25, -0.2) is 8.42 Å². The molecule has 1 amide bonds. The van der Waals surface area contributed by atoms with Crippen molar-refractivity contribution in [3.63, 3.8) is 0 Å². The van der Waals surface area contributed by atoms with Crippen LogP contribution in [0.3, 0.4) is 0 Å². The molecule has 0 aliphatic carbocycles. The van der Waals surface area contributed by atoms with Gasteiger partial charge in [-0.05, 0) is 66.9 Å². The number of aryl methyl sites for hydroxylation is 1. The van der Waals surface area contributed by atoms with E-state index < -0.39 is 9.84 Å². The number of hydrogen-bond donors (Lipinski definition) is 0. The number of likely N-dealkylation sites (N-methyl/N-ethyl adjacent to an activating group) is 1. The summed E-state index contributed by atoms with van der Waals surface area (Å²) in [5.41, 5.74) is 2.11. The number of nitrogens with zero attached hydrogens (tertiary/aromatic N) is 3. The van der Waals surface area contributed by atoms with E-state index in [2.05, 4.69) is 16.0 Å². The second kappa shape index (κ2) is 9.53. The summed E-state index contributed by atoms with van der Waals surface area (Å²) in [5, 5.41) is 3.22. The first-order valence-electron chi connectivity index (χ1n) is 10.8. The number of aromatic nitrogens is 1. The summed E-state index contributed by atoms with van der Waals surface area (Å²) in [5.74, 6) is -0.315. The van der Waals surface area contributed by atoms with Crippen LogP contribution in [0.15, 0.2) is 71.1 Å². The van der Waals surface area contributed by atoms with Gasteiger partial charge in [0.1, 0.15) is 0 Å². The van der Waals surface area contributed by atoms with Crippen LogP contribution < -0.4 is 4.90 Å². The molecular weight excluding hydrogens is 458 g/mol. The first-order chi connectivity index (χ1) is 15.7. The molecule has 0 spiro atoms. The van der Waals surface area contributed by atoms with Crippen LogP contribution in [0, 0.1) is 6.92 Å². The SMILES string of the molecule is Cc1cc(N2CCC(N(C)C(=O)C=CS(=O)(=O)c3ccc4cc(Cl)ccc4c3)CC2)ccn1. The Morgan fingerprint density at radius 1 is 1.09 bits per heavy atom. The molecule has 1 fully saturated rings. The minimum Gasteiger partial charge on any atom is -0.371 e. The second-order valence-electron chi connectivity index (χ2n) is 8.32. The summed E-state index contributed by atoms with van der Waals surface area (Å²) in [6, 6.07) is 14.2. The molecule has 0 N–H and O–H groups in total. The van der Waals surface area contributed by atoms with E-state index in [1.165, 1.54) is 6.07 Å². The molecule has 0 saturated carbocycles. The van der Waals surface area contributed by atoms with Crippen LogP contribution >= 0.6 is 11.6 Å².